The third kappa shape index (κ3) is 3.90. The maximum absolute atomic E-state index is 11.2. The summed E-state index contributed by atoms with van der Waals surface area (Å²) < 4.78 is 5.46. The smallest absolute Gasteiger partial charge is 0.314 e. The molecule has 0 unspecified atom stereocenters. The molecule has 2 N–H and O–H groups in total. The van der Waals surface area contributed by atoms with Gasteiger partial charge in [-0.05, 0) is 34.9 Å². The van der Waals surface area contributed by atoms with E-state index in [1.807, 2.05) is 24.3 Å². The topological polar surface area (TPSA) is 50.4 Å². The van der Waals surface area contributed by atoms with E-state index in [0.717, 1.165) is 28.5 Å². The molecule has 0 atom stereocenters. The number of rotatable bonds is 5. The molecule has 108 valence electrons. The van der Waals surface area contributed by atoms with Crippen LogP contribution < -0.4 is 15.4 Å². The zero-order valence-electron chi connectivity index (χ0n) is 12.0. The normalized spacial score (nSPS) is 9.90. The minimum Gasteiger partial charge on any atom is -0.481 e. The molecular formula is C17H18N2O2. The third-order valence-corrected chi connectivity index (χ3v) is 3.17. The minimum absolute atomic E-state index is 0.173. The third-order valence-electron chi connectivity index (χ3n) is 3.17. The Morgan fingerprint density at radius 2 is 2.19 bits per heavy atom. The highest BCUT2D eigenvalue weighted by Crippen LogP contribution is 2.24. The van der Waals surface area contributed by atoms with Crippen molar-refractivity contribution in [1.82, 2.24) is 10.6 Å². The molecule has 0 saturated heterocycles. The molecule has 0 aliphatic carbocycles. The van der Waals surface area contributed by atoms with Crippen LogP contribution in [0.2, 0.25) is 0 Å². The minimum atomic E-state index is -0.173. The Hall–Kier alpha value is -2.67. The van der Waals surface area contributed by atoms with Crippen molar-refractivity contribution in [3.05, 3.63) is 42.0 Å². The number of ether oxygens (including phenoxy) is 1. The van der Waals surface area contributed by atoms with Crippen molar-refractivity contribution in [3.63, 3.8) is 0 Å². The van der Waals surface area contributed by atoms with Gasteiger partial charge in [0.05, 0.1) is 0 Å². The van der Waals surface area contributed by atoms with Gasteiger partial charge in [0.25, 0.3) is 0 Å². The van der Waals surface area contributed by atoms with Gasteiger partial charge >= 0.3 is 6.03 Å². The van der Waals surface area contributed by atoms with Crippen LogP contribution in [0.3, 0.4) is 0 Å². The van der Waals surface area contributed by atoms with Gasteiger partial charge in [-0.25, -0.2) is 4.79 Å². The number of nitrogens with one attached hydrogen (secondary N) is 2. The van der Waals surface area contributed by atoms with Crippen LogP contribution >= 0.6 is 0 Å². The van der Waals surface area contributed by atoms with Crippen LogP contribution in [0.15, 0.2) is 36.4 Å². The average molecular weight is 282 g/mol. The van der Waals surface area contributed by atoms with Crippen LogP contribution in [0.25, 0.3) is 10.8 Å². The molecule has 4 heteroatoms. The van der Waals surface area contributed by atoms with Crippen molar-refractivity contribution in [2.45, 2.75) is 6.42 Å². The van der Waals surface area contributed by atoms with Gasteiger partial charge in [-0.3, -0.25) is 0 Å². The fraction of sp³-hybridized carbons (Fsp3) is 0.235. The summed E-state index contributed by atoms with van der Waals surface area (Å²) in [5.74, 6) is 3.21. The SMILES string of the molecule is C#CCOc1ccc2cccc(CCNC(=O)NC)c2c1. The van der Waals surface area contributed by atoms with Crippen molar-refractivity contribution in [1.29, 1.82) is 0 Å². The maximum Gasteiger partial charge on any atom is 0.314 e. The lowest BCUT2D eigenvalue weighted by atomic mass is 10.0. The number of terminal acetylenes is 1. The summed E-state index contributed by atoms with van der Waals surface area (Å²) >= 11 is 0. The summed E-state index contributed by atoms with van der Waals surface area (Å²) in [4.78, 5) is 11.2. The van der Waals surface area contributed by atoms with E-state index in [2.05, 4.69) is 28.7 Å². The fourth-order valence-electron chi connectivity index (χ4n) is 2.15. The van der Waals surface area contributed by atoms with Gasteiger partial charge in [-0.15, -0.1) is 6.42 Å². The van der Waals surface area contributed by atoms with Crippen LogP contribution in [-0.2, 0) is 6.42 Å². The molecule has 0 saturated carbocycles. The summed E-state index contributed by atoms with van der Waals surface area (Å²) in [7, 11) is 1.60. The molecular weight excluding hydrogens is 264 g/mol. The van der Waals surface area contributed by atoms with E-state index in [0.29, 0.717) is 6.54 Å². The predicted molar refractivity (Wildman–Crippen MR) is 84.4 cm³/mol. The Kier molecular flexibility index (Phi) is 5.05. The van der Waals surface area contributed by atoms with E-state index < -0.39 is 0 Å². The van der Waals surface area contributed by atoms with Crippen LogP contribution in [0, 0.1) is 12.3 Å². The molecule has 0 aromatic heterocycles. The maximum atomic E-state index is 11.2. The number of urea groups is 1. The molecule has 2 amide bonds. The highest BCUT2D eigenvalue weighted by molar-refractivity contribution is 5.87. The van der Waals surface area contributed by atoms with Crippen LogP contribution in [0.4, 0.5) is 4.79 Å². The number of amides is 2. The Morgan fingerprint density at radius 1 is 1.33 bits per heavy atom. The van der Waals surface area contributed by atoms with E-state index in [-0.39, 0.29) is 12.6 Å². The molecule has 21 heavy (non-hydrogen) atoms. The molecule has 0 heterocycles. The Morgan fingerprint density at radius 3 is 2.95 bits per heavy atom. The van der Waals surface area contributed by atoms with Gasteiger partial charge in [0.1, 0.15) is 12.4 Å². The molecule has 0 radical (unpaired) electrons. The highest BCUT2D eigenvalue weighted by atomic mass is 16.5. The summed E-state index contributed by atoms with van der Waals surface area (Å²) in [6.07, 6.45) is 5.96. The lowest BCUT2D eigenvalue weighted by Crippen LogP contribution is -2.34. The second-order valence-electron chi connectivity index (χ2n) is 4.55. The lowest BCUT2D eigenvalue weighted by molar-refractivity contribution is 0.243. The summed E-state index contributed by atoms with van der Waals surface area (Å²) in [6.45, 7) is 0.833. The molecule has 2 aromatic rings. The van der Waals surface area contributed by atoms with E-state index in [4.69, 9.17) is 11.2 Å². The fourth-order valence-corrected chi connectivity index (χ4v) is 2.15. The molecule has 0 aliphatic rings. The van der Waals surface area contributed by atoms with Crippen molar-refractivity contribution in [2.75, 3.05) is 20.2 Å². The second kappa shape index (κ2) is 7.20. The van der Waals surface area contributed by atoms with Crippen LogP contribution in [0.5, 0.6) is 5.75 Å². The zero-order chi connectivity index (χ0) is 15.1. The second-order valence-corrected chi connectivity index (χ2v) is 4.55. The average Bonchev–Trinajstić information content (AvgIpc) is 2.52. The number of hydrogen-bond acceptors (Lipinski definition) is 2. The predicted octanol–water partition coefficient (Wildman–Crippen LogP) is 2.32. The highest BCUT2D eigenvalue weighted by Gasteiger charge is 2.04. The molecule has 0 aliphatic heterocycles. The van der Waals surface area contributed by atoms with Gasteiger partial charge in [-0.1, -0.05) is 30.2 Å². The van der Waals surface area contributed by atoms with Crippen molar-refractivity contribution in [2.24, 2.45) is 0 Å². The number of hydrogen-bond donors (Lipinski definition) is 2. The van der Waals surface area contributed by atoms with Gasteiger partial charge < -0.3 is 15.4 Å². The Labute approximate surface area is 124 Å². The van der Waals surface area contributed by atoms with Gasteiger partial charge in [0.15, 0.2) is 0 Å². The molecule has 0 fully saturated rings. The van der Waals surface area contributed by atoms with E-state index >= 15 is 0 Å². The van der Waals surface area contributed by atoms with Crippen LogP contribution in [0.1, 0.15) is 5.56 Å². The van der Waals surface area contributed by atoms with Crippen LogP contribution in [-0.4, -0.2) is 26.2 Å². The molecule has 2 aromatic carbocycles. The Balaban J connectivity index is 2.18. The van der Waals surface area contributed by atoms with E-state index in [1.165, 1.54) is 0 Å². The van der Waals surface area contributed by atoms with Gasteiger partial charge in [0, 0.05) is 13.6 Å². The zero-order valence-corrected chi connectivity index (χ0v) is 12.0. The summed E-state index contributed by atoms with van der Waals surface area (Å²) in [5, 5.41) is 7.57. The first-order chi connectivity index (χ1) is 10.2. The van der Waals surface area contributed by atoms with E-state index in [9.17, 15) is 4.79 Å². The van der Waals surface area contributed by atoms with Gasteiger partial charge in [-0.2, -0.15) is 0 Å². The number of carbonyl (C=O) groups excluding carboxylic acids is 1. The number of fused-ring (bicyclic) bond motifs is 1. The van der Waals surface area contributed by atoms with Gasteiger partial charge in [0.2, 0.25) is 0 Å². The quantitative estimate of drug-likeness (QED) is 0.827. The summed E-state index contributed by atoms with van der Waals surface area (Å²) in [5.41, 5.74) is 1.16. The first-order valence-corrected chi connectivity index (χ1v) is 6.78. The lowest BCUT2D eigenvalue weighted by Gasteiger charge is -2.10. The first-order valence-electron chi connectivity index (χ1n) is 6.78. The standard InChI is InChI=1S/C17H18N2O2/c1-3-11-21-15-8-7-13-5-4-6-14(16(13)12-15)9-10-19-17(20)18-2/h1,4-8,12H,9-11H2,2H3,(H2,18,19,20). The molecule has 4 nitrogen and oxygen atoms in total. The molecule has 2 rings (SSSR count). The molecule has 0 bridgehead atoms. The number of benzene rings is 2. The molecule has 0 spiro atoms. The first kappa shape index (κ1) is 14.7. The van der Waals surface area contributed by atoms with E-state index in [1.54, 1.807) is 7.05 Å². The summed E-state index contributed by atoms with van der Waals surface area (Å²) in [6, 6.07) is 11.9. The largest absolute Gasteiger partial charge is 0.481 e. The Bertz CT molecular complexity index is 674. The van der Waals surface area contributed by atoms with Crippen molar-refractivity contribution in [3.8, 4) is 18.1 Å². The van der Waals surface area contributed by atoms with Crippen molar-refractivity contribution >= 4 is 16.8 Å². The van der Waals surface area contributed by atoms with Crippen molar-refractivity contribution < 1.29 is 9.53 Å². The number of carbonyl (C=O) groups is 1. The monoisotopic (exact) mass is 282 g/mol.